The Morgan fingerprint density at radius 2 is 1.75 bits per heavy atom. The van der Waals surface area contributed by atoms with Crippen LogP contribution in [0.4, 0.5) is 8.78 Å². The fourth-order valence-corrected chi connectivity index (χ4v) is 2.04. The molecule has 0 aliphatic rings. The van der Waals surface area contributed by atoms with E-state index in [-0.39, 0.29) is 5.75 Å². The third-order valence-corrected chi connectivity index (χ3v) is 2.80. The zero-order valence-corrected chi connectivity index (χ0v) is 10.9. The van der Waals surface area contributed by atoms with E-state index in [0.717, 1.165) is 12.8 Å². The molecule has 0 saturated heterocycles. The van der Waals surface area contributed by atoms with E-state index in [0.29, 0.717) is 12.0 Å². The smallest absolute Gasteiger partial charge is 0.274 e. The first-order valence-electron chi connectivity index (χ1n) is 5.50. The Morgan fingerprint density at radius 1 is 1.19 bits per heavy atom. The van der Waals surface area contributed by atoms with Gasteiger partial charge < -0.3 is 4.43 Å². The molecule has 1 radical (unpaired) electrons. The highest BCUT2D eigenvalue weighted by Gasteiger charge is 2.14. The van der Waals surface area contributed by atoms with Crippen molar-refractivity contribution < 1.29 is 13.2 Å². The molecule has 0 aromatic heterocycles. The van der Waals surface area contributed by atoms with Crippen LogP contribution >= 0.6 is 0 Å². The van der Waals surface area contributed by atoms with Crippen molar-refractivity contribution in [2.24, 2.45) is 0 Å². The van der Waals surface area contributed by atoms with Gasteiger partial charge in [0.1, 0.15) is 0 Å². The standard InChI is InChI=1S/C12H17F2OSi/c1-4-5-6-9-7-10(13)12(11(14)8-9)15-16(2)3/h7-8H,4-6H2,1-3H3. The van der Waals surface area contributed by atoms with Gasteiger partial charge in [0.05, 0.1) is 0 Å². The summed E-state index contributed by atoms with van der Waals surface area (Å²) in [6.45, 7) is 5.73. The monoisotopic (exact) mass is 243 g/mol. The van der Waals surface area contributed by atoms with Crippen molar-refractivity contribution in [2.75, 3.05) is 0 Å². The summed E-state index contributed by atoms with van der Waals surface area (Å²) in [5, 5.41) is 0. The van der Waals surface area contributed by atoms with Crippen molar-refractivity contribution in [3.05, 3.63) is 29.3 Å². The summed E-state index contributed by atoms with van der Waals surface area (Å²) in [5.41, 5.74) is 0.699. The van der Waals surface area contributed by atoms with Crippen molar-refractivity contribution in [1.82, 2.24) is 0 Å². The van der Waals surface area contributed by atoms with E-state index in [1.165, 1.54) is 12.1 Å². The van der Waals surface area contributed by atoms with Gasteiger partial charge in [-0.3, -0.25) is 0 Å². The van der Waals surface area contributed by atoms with E-state index < -0.39 is 20.7 Å². The fraction of sp³-hybridized carbons (Fsp3) is 0.500. The normalized spacial score (nSPS) is 10.9. The van der Waals surface area contributed by atoms with Gasteiger partial charge in [0.2, 0.25) is 0 Å². The lowest BCUT2D eigenvalue weighted by molar-refractivity contribution is 0.459. The van der Waals surface area contributed by atoms with Gasteiger partial charge in [0, 0.05) is 0 Å². The summed E-state index contributed by atoms with van der Waals surface area (Å²) in [6.07, 6.45) is 2.66. The quantitative estimate of drug-likeness (QED) is 0.712. The summed E-state index contributed by atoms with van der Waals surface area (Å²) in [4.78, 5) is 0. The van der Waals surface area contributed by atoms with E-state index >= 15 is 0 Å². The van der Waals surface area contributed by atoms with Gasteiger partial charge in [-0.15, -0.1) is 0 Å². The highest BCUT2D eigenvalue weighted by molar-refractivity contribution is 6.49. The zero-order valence-electron chi connectivity index (χ0n) is 9.94. The molecule has 0 saturated carbocycles. The SMILES string of the molecule is CCCCc1cc(F)c(O[Si](C)C)c(F)c1. The molecular formula is C12H17F2OSi. The molecule has 1 rings (SSSR count). The lowest BCUT2D eigenvalue weighted by Gasteiger charge is -2.11. The molecule has 89 valence electrons. The highest BCUT2D eigenvalue weighted by Crippen LogP contribution is 2.24. The van der Waals surface area contributed by atoms with Crippen LogP contribution in [-0.4, -0.2) is 9.04 Å². The topological polar surface area (TPSA) is 9.23 Å². The van der Waals surface area contributed by atoms with Crippen molar-refractivity contribution >= 4 is 9.04 Å². The Bertz CT molecular complexity index is 330. The Kier molecular flexibility index (Phi) is 4.93. The molecule has 0 N–H and O–H groups in total. The Labute approximate surface area is 97.2 Å². The summed E-state index contributed by atoms with van der Waals surface area (Å²) < 4.78 is 32.3. The molecule has 1 aromatic rings. The minimum Gasteiger partial charge on any atom is -0.539 e. The fourth-order valence-electron chi connectivity index (χ4n) is 1.44. The van der Waals surface area contributed by atoms with Crippen molar-refractivity contribution in [2.45, 2.75) is 39.3 Å². The van der Waals surface area contributed by atoms with Crippen LogP contribution in [-0.2, 0) is 6.42 Å². The molecule has 0 fully saturated rings. The number of unbranched alkanes of at least 4 members (excludes halogenated alkanes) is 1. The van der Waals surface area contributed by atoms with Crippen molar-refractivity contribution in [1.29, 1.82) is 0 Å². The molecule has 0 atom stereocenters. The lowest BCUT2D eigenvalue weighted by Crippen LogP contribution is -2.13. The number of hydrogen-bond acceptors (Lipinski definition) is 1. The number of rotatable bonds is 5. The highest BCUT2D eigenvalue weighted by atomic mass is 28.3. The maximum Gasteiger partial charge on any atom is 0.274 e. The Morgan fingerprint density at radius 3 is 2.19 bits per heavy atom. The molecule has 0 heterocycles. The second-order valence-electron chi connectivity index (χ2n) is 4.00. The Balaban J connectivity index is 2.89. The van der Waals surface area contributed by atoms with Crippen LogP contribution in [0.2, 0.25) is 13.1 Å². The molecule has 16 heavy (non-hydrogen) atoms. The van der Waals surface area contributed by atoms with E-state index in [4.69, 9.17) is 4.43 Å². The van der Waals surface area contributed by atoms with Crippen LogP contribution in [0, 0.1) is 11.6 Å². The second-order valence-corrected chi connectivity index (χ2v) is 6.02. The Hall–Kier alpha value is -0.903. The van der Waals surface area contributed by atoms with Crippen LogP contribution in [0.5, 0.6) is 5.75 Å². The predicted molar refractivity (Wildman–Crippen MR) is 63.1 cm³/mol. The first-order valence-corrected chi connectivity index (χ1v) is 7.91. The van der Waals surface area contributed by atoms with Gasteiger partial charge in [-0.05, 0) is 43.6 Å². The van der Waals surface area contributed by atoms with Crippen LogP contribution in [0.15, 0.2) is 12.1 Å². The van der Waals surface area contributed by atoms with Gasteiger partial charge >= 0.3 is 0 Å². The molecule has 4 heteroatoms. The van der Waals surface area contributed by atoms with Crippen LogP contribution in [0.3, 0.4) is 0 Å². The minimum absolute atomic E-state index is 0.223. The first-order chi connectivity index (χ1) is 7.54. The molecule has 0 aliphatic heterocycles. The number of hydrogen-bond donors (Lipinski definition) is 0. The number of benzene rings is 1. The average Bonchev–Trinajstić information content (AvgIpc) is 2.20. The molecular weight excluding hydrogens is 226 g/mol. The first kappa shape index (κ1) is 13.2. The van der Waals surface area contributed by atoms with Crippen molar-refractivity contribution in [3.63, 3.8) is 0 Å². The van der Waals surface area contributed by atoms with Crippen LogP contribution in [0.1, 0.15) is 25.3 Å². The van der Waals surface area contributed by atoms with E-state index in [1.807, 2.05) is 20.0 Å². The minimum atomic E-state index is -1.14. The van der Waals surface area contributed by atoms with Crippen molar-refractivity contribution in [3.8, 4) is 5.75 Å². The molecule has 1 aromatic carbocycles. The third kappa shape index (κ3) is 3.59. The largest absolute Gasteiger partial charge is 0.539 e. The van der Waals surface area contributed by atoms with E-state index in [2.05, 4.69) is 0 Å². The van der Waals surface area contributed by atoms with Crippen LogP contribution in [0.25, 0.3) is 0 Å². The summed E-state index contributed by atoms with van der Waals surface area (Å²) in [5.74, 6) is -1.39. The number of aryl methyl sites for hydroxylation is 1. The van der Waals surface area contributed by atoms with Gasteiger partial charge in [0.25, 0.3) is 9.04 Å². The molecule has 0 bridgehead atoms. The van der Waals surface area contributed by atoms with Crippen LogP contribution < -0.4 is 4.43 Å². The predicted octanol–water partition coefficient (Wildman–Crippen LogP) is 3.94. The maximum atomic E-state index is 13.5. The molecule has 0 spiro atoms. The summed E-state index contributed by atoms with van der Waals surface area (Å²) in [7, 11) is -1.14. The molecule has 0 unspecified atom stereocenters. The number of halogens is 2. The van der Waals surface area contributed by atoms with Gasteiger partial charge in [-0.2, -0.15) is 0 Å². The summed E-state index contributed by atoms with van der Waals surface area (Å²) >= 11 is 0. The van der Waals surface area contributed by atoms with Gasteiger partial charge in [0.15, 0.2) is 17.4 Å². The van der Waals surface area contributed by atoms with E-state index in [9.17, 15) is 8.78 Å². The third-order valence-electron chi connectivity index (χ3n) is 2.18. The zero-order chi connectivity index (χ0) is 12.1. The second kappa shape index (κ2) is 5.99. The average molecular weight is 243 g/mol. The molecule has 1 nitrogen and oxygen atoms in total. The summed E-state index contributed by atoms with van der Waals surface area (Å²) in [6, 6.07) is 2.75. The molecule has 0 aliphatic carbocycles. The molecule has 0 amide bonds. The lowest BCUT2D eigenvalue weighted by atomic mass is 10.1. The maximum absolute atomic E-state index is 13.5. The van der Waals surface area contributed by atoms with Gasteiger partial charge in [-0.25, -0.2) is 8.78 Å². The van der Waals surface area contributed by atoms with E-state index in [1.54, 1.807) is 0 Å². The van der Waals surface area contributed by atoms with Gasteiger partial charge in [-0.1, -0.05) is 13.3 Å².